The lowest BCUT2D eigenvalue weighted by Gasteiger charge is -2.26. The number of rotatable bonds is 6. The molecule has 150 valence electrons. The number of thiocarbonyl (C=S) groups is 1. The van der Waals surface area contributed by atoms with Gasteiger partial charge < -0.3 is 29.0 Å². The van der Waals surface area contributed by atoms with Crippen LogP contribution in [0.5, 0.6) is 0 Å². The summed E-state index contributed by atoms with van der Waals surface area (Å²) in [6.45, 7) is 13.6. The van der Waals surface area contributed by atoms with Crippen LogP contribution in [0.3, 0.4) is 0 Å². The highest BCUT2D eigenvalue weighted by atomic mass is 32.2. The topological polar surface area (TPSA) is 60.4 Å². The van der Waals surface area contributed by atoms with Crippen molar-refractivity contribution in [3.8, 4) is 0 Å². The van der Waals surface area contributed by atoms with Gasteiger partial charge in [0, 0.05) is 13.1 Å². The monoisotopic (exact) mass is 405 g/mol. The van der Waals surface area contributed by atoms with Gasteiger partial charge in [-0.2, -0.15) is 0 Å². The van der Waals surface area contributed by atoms with Gasteiger partial charge in [0.05, 0.1) is 6.61 Å². The Hall–Kier alpha value is -0.220. The molecule has 2 saturated heterocycles. The first-order chi connectivity index (χ1) is 12.1. The van der Waals surface area contributed by atoms with Crippen molar-refractivity contribution in [3.63, 3.8) is 0 Å². The predicted molar refractivity (Wildman–Crippen MR) is 107 cm³/mol. The third-order valence-electron chi connectivity index (χ3n) is 4.37. The molecule has 0 aromatic carbocycles. The Morgan fingerprint density at radius 2 is 1.85 bits per heavy atom. The fourth-order valence-electron chi connectivity index (χ4n) is 3.06. The Morgan fingerprint density at radius 3 is 2.38 bits per heavy atom. The van der Waals surface area contributed by atoms with E-state index < -0.39 is 29.9 Å². The predicted octanol–water partition coefficient (Wildman–Crippen LogP) is 2.89. The Labute approximate surface area is 166 Å². The van der Waals surface area contributed by atoms with Crippen LogP contribution in [0.25, 0.3) is 0 Å². The lowest BCUT2D eigenvalue weighted by atomic mass is 10.0. The number of aliphatic hydroxyl groups is 1. The summed E-state index contributed by atoms with van der Waals surface area (Å²) in [6, 6.07) is 0. The second-order valence-electron chi connectivity index (χ2n) is 7.31. The molecule has 2 heterocycles. The van der Waals surface area contributed by atoms with Crippen LogP contribution in [0.1, 0.15) is 41.5 Å². The van der Waals surface area contributed by atoms with Crippen LogP contribution >= 0.6 is 24.0 Å². The van der Waals surface area contributed by atoms with Crippen LogP contribution in [-0.2, 0) is 18.9 Å². The van der Waals surface area contributed by atoms with E-state index in [4.69, 9.17) is 31.2 Å². The molecule has 1 N–H and O–H groups in total. The number of ether oxygens (including phenoxy) is 4. The van der Waals surface area contributed by atoms with Crippen molar-refractivity contribution in [2.75, 3.05) is 19.7 Å². The first-order valence-corrected chi connectivity index (χ1v) is 10.3. The molecule has 2 aliphatic rings. The van der Waals surface area contributed by atoms with Crippen molar-refractivity contribution in [2.45, 2.75) is 77.5 Å². The minimum atomic E-state index is -0.854. The van der Waals surface area contributed by atoms with Gasteiger partial charge in [-0.05, 0) is 53.0 Å². The van der Waals surface area contributed by atoms with E-state index >= 15 is 0 Å². The molecule has 0 saturated carbocycles. The first kappa shape index (κ1) is 22.1. The van der Waals surface area contributed by atoms with Gasteiger partial charge in [0.2, 0.25) is 0 Å². The largest absolute Gasteiger partial charge is 0.387 e. The molecule has 2 fully saturated rings. The summed E-state index contributed by atoms with van der Waals surface area (Å²) in [5.74, 6) is -1.47. The highest BCUT2D eigenvalue weighted by Gasteiger charge is 2.49. The van der Waals surface area contributed by atoms with Crippen molar-refractivity contribution in [3.05, 3.63) is 11.5 Å². The van der Waals surface area contributed by atoms with Gasteiger partial charge in [0.15, 0.2) is 11.6 Å². The molecule has 2 rings (SSSR count). The van der Waals surface area contributed by atoms with Gasteiger partial charge in [0.25, 0.3) is 0 Å². The Balaban J connectivity index is 2.01. The standard InChI is InChI=1S/C18H31NO5S2/c1-7-19(8-2)16(25)26-10-9-12-15(24-18(5,6)22-12)14(20)13-11-21-17(3,4)23-13/h9-10,12-15,20H,7-8,11H2,1-6H3/b10-9+/t12-,13-,14-,15-/m1/s1. The van der Waals surface area contributed by atoms with Crippen LogP contribution in [0, 0.1) is 0 Å². The smallest absolute Gasteiger partial charge is 0.164 e. The zero-order chi connectivity index (χ0) is 19.5. The fraction of sp³-hybridized carbons (Fsp3) is 0.833. The van der Waals surface area contributed by atoms with E-state index in [9.17, 15) is 5.11 Å². The van der Waals surface area contributed by atoms with Crippen LogP contribution < -0.4 is 0 Å². The quantitative estimate of drug-likeness (QED) is 0.677. The van der Waals surface area contributed by atoms with E-state index in [0.29, 0.717) is 6.61 Å². The highest BCUT2D eigenvalue weighted by molar-refractivity contribution is 8.24. The number of thioether (sulfide) groups is 1. The van der Waals surface area contributed by atoms with E-state index in [0.717, 1.165) is 17.4 Å². The molecule has 4 atom stereocenters. The highest BCUT2D eigenvalue weighted by Crippen LogP contribution is 2.35. The van der Waals surface area contributed by atoms with Crippen molar-refractivity contribution >= 4 is 28.3 Å². The molecule has 0 aromatic heterocycles. The molecule has 6 nitrogen and oxygen atoms in total. The number of hydrogen-bond donors (Lipinski definition) is 1. The minimum Gasteiger partial charge on any atom is -0.387 e. The maximum absolute atomic E-state index is 10.8. The van der Waals surface area contributed by atoms with Gasteiger partial charge in [-0.15, -0.1) is 0 Å². The van der Waals surface area contributed by atoms with Crippen molar-refractivity contribution in [1.29, 1.82) is 0 Å². The van der Waals surface area contributed by atoms with Crippen LogP contribution in [0.15, 0.2) is 11.5 Å². The summed E-state index contributed by atoms with van der Waals surface area (Å²) in [7, 11) is 0. The Bertz CT molecular complexity index is 522. The molecular formula is C18H31NO5S2. The van der Waals surface area contributed by atoms with E-state index in [1.807, 2.05) is 39.2 Å². The minimum absolute atomic E-state index is 0.325. The summed E-state index contributed by atoms with van der Waals surface area (Å²) < 4.78 is 24.0. The normalized spacial score (nSPS) is 31.4. The maximum atomic E-state index is 10.8. The summed E-state index contributed by atoms with van der Waals surface area (Å²) in [5.41, 5.74) is 0. The molecule has 0 spiro atoms. The van der Waals surface area contributed by atoms with Crippen LogP contribution in [0.4, 0.5) is 0 Å². The summed E-state index contributed by atoms with van der Waals surface area (Å²) in [6.07, 6.45) is -0.337. The third-order valence-corrected chi connectivity index (χ3v) is 5.67. The SMILES string of the molecule is CCN(CC)C(=S)S/C=C/[C@H]1OC(C)(C)O[C@H]1[C@H](O)[C@H]1COC(C)(C)O1. The van der Waals surface area contributed by atoms with Crippen LogP contribution in [0.2, 0.25) is 0 Å². The molecule has 0 bridgehead atoms. The fourth-order valence-corrected chi connectivity index (χ4v) is 4.24. The van der Waals surface area contributed by atoms with E-state index in [2.05, 4.69) is 18.7 Å². The molecule has 0 aromatic rings. The first-order valence-electron chi connectivity index (χ1n) is 9.06. The van der Waals surface area contributed by atoms with Gasteiger partial charge in [-0.1, -0.05) is 24.0 Å². The van der Waals surface area contributed by atoms with Gasteiger partial charge in [-0.3, -0.25) is 0 Å². The third kappa shape index (κ3) is 5.64. The summed E-state index contributed by atoms with van der Waals surface area (Å²) in [5, 5.41) is 12.7. The molecule has 0 unspecified atom stereocenters. The lowest BCUT2D eigenvalue weighted by Crippen LogP contribution is -2.44. The van der Waals surface area contributed by atoms with Gasteiger partial charge >= 0.3 is 0 Å². The molecule has 2 aliphatic heterocycles. The van der Waals surface area contributed by atoms with Crippen LogP contribution in [-0.4, -0.2) is 70.0 Å². The van der Waals surface area contributed by atoms with Gasteiger partial charge in [0.1, 0.15) is 28.7 Å². The van der Waals surface area contributed by atoms with Crippen molar-refractivity contribution < 1.29 is 24.1 Å². The zero-order valence-electron chi connectivity index (χ0n) is 16.4. The number of nitrogens with zero attached hydrogens (tertiary/aromatic N) is 1. The molecule has 0 aliphatic carbocycles. The van der Waals surface area contributed by atoms with E-state index in [-0.39, 0.29) is 6.10 Å². The summed E-state index contributed by atoms with van der Waals surface area (Å²) >= 11 is 6.90. The molecule has 8 heteroatoms. The van der Waals surface area contributed by atoms with Crippen molar-refractivity contribution in [2.24, 2.45) is 0 Å². The zero-order valence-corrected chi connectivity index (χ0v) is 18.1. The van der Waals surface area contributed by atoms with Gasteiger partial charge in [-0.25, -0.2) is 0 Å². The summed E-state index contributed by atoms with van der Waals surface area (Å²) in [4.78, 5) is 2.11. The van der Waals surface area contributed by atoms with E-state index in [1.165, 1.54) is 11.8 Å². The molecule has 0 radical (unpaired) electrons. The second kappa shape index (κ2) is 8.86. The average Bonchev–Trinajstić information content (AvgIpc) is 3.06. The maximum Gasteiger partial charge on any atom is 0.164 e. The number of hydrogen-bond acceptors (Lipinski definition) is 7. The lowest BCUT2D eigenvalue weighted by molar-refractivity contribution is -0.178. The number of aliphatic hydroxyl groups excluding tert-OH is 1. The second-order valence-corrected chi connectivity index (χ2v) is 8.85. The molecule has 0 amide bonds. The van der Waals surface area contributed by atoms with Crippen molar-refractivity contribution in [1.82, 2.24) is 4.90 Å². The Kier molecular flexibility index (Phi) is 7.52. The average molecular weight is 406 g/mol. The molecular weight excluding hydrogens is 374 g/mol. The molecule has 26 heavy (non-hydrogen) atoms. The van der Waals surface area contributed by atoms with E-state index in [1.54, 1.807) is 0 Å². The Morgan fingerprint density at radius 1 is 1.19 bits per heavy atom.